The van der Waals surface area contributed by atoms with Crippen LogP contribution in [-0.4, -0.2) is 30.2 Å². The van der Waals surface area contributed by atoms with E-state index in [1.54, 1.807) is 4.90 Å². The first-order valence-electron chi connectivity index (χ1n) is 7.68. The van der Waals surface area contributed by atoms with Gasteiger partial charge in [-0.05, 0) is 36.2 Å². The van der Waals surface area contributed by atoms with E-state index < -0.39 is 0 Å². The Morgan fingerprint density at radius 1 is 1.29 bits per heavy atom. The zero-order valence-electron chi connectivity index (χ0n) is 13.6. The van der Waals surface area contributed by atoms with Gasteiger partial charge in [-0.3, -0.25) is 4.79 Å². The number of hydrogen-bond acceptors (Lipinski definition) is 4. The van der Waals surface area contributed by atoms with Crippen molar-refractivity contribution < 1.29 is 9.53 Å². The average Bonchev–Trinajstić information content (AvgIpc) is 2.70. The molecule has 126 valence electrons. The molecule has 0 spiro atoms. The number of benzene rings is 2. The number of anilines is 1. The summed E-state index contributed by atoms with van der Waals surface area (Å²) in [5.74, 6) is 0.589. The molecule has 0 atom stereocenters. The van der Waals surface area contributed by atoms with Crippen molar-refractivity contribution in [2.75, 3.05) is 24.1 Å². The number of nitrogens with one attached hydrogen (secondary N) is 1. The van der Waals surface area contributed by atoms with E-state index in [4.69, 9.17) is 16.3 Å². The summed E-state index contributed by atoms with van der Waals surface area (Å²) in [5.41, 5.74) is 3.56. The molecule has 0 fully saturated rings. The molecule has 3 rings (SSSR count). The van der Waals surface area contributed by atoms with Crippen molar-refractivity contribution >= 4 is 35.1 Å². The van der Waals surface area contributed by atoms with Crippen molar-refractivity contribution in [2.45, 2.75) is 13.5 Å². The lowest BCUT2D eigenvalue weighted by Gasteiger charge is -2.21. The van der Waals surface area contributed by atoms with Crippen LogP contribution in [0.3, 0.4) is 0 Å². The van der Waals surface area contributed by atoms with E-state index in [1.807, 2.05) is 49.6 Å². The molecular formula is C18H19ClN2O2S. The average molecular weight is 363 g/mol. The number of fused-ring (bicyclic) bond motifs is 1. The summed E-state index contributed by atoms with van der Waals surface area (Å²) in [6.07, 6.45) is 1.95. The minimum absolute atomic E-state index is 0.0326. The Hall–Kier alpha value is -1.85. The molecular weight excluding hydrogens is 344 g/mol. The molecule has 24 heavy (non-hydrogen) atoms. The number of rotatable bonds is 4. The lowest BCUT2D eigenvalue weighted by molar-refractivity contribution is 0.0743. The number of aryl methyl sites for hydroxylation is 1. The highest BCUT2D eigenvalue weighted by molar-refractivity contribution is 7.99. The van der Waals surface area contributed by atoms with Crippen LogP contribution >= 0.6 is 23.5 Å². The Morgan fingerprint density at radius 2 is 2.12 bits per heavy atom. The van der Waals surface area contributed by atoms with E-state index >= 15 is 0 Å². The van der Waals surface area contributed by atoms with Gasteiger partial charge in [-0.1, -0.05) is 35.7 Å². The lowest BCUT2D eigenvalue weighted by atomic mass is 10.1. The first-order chi connectivity index (χ1) is 11.6. The van der Waals surface area contributed by atoms with Crippen LogP contribution in [-0.2, 0) is 6.54 Å². The van der Waals surface area contributed by atoms with Gasteiger partial charge in [0, 0.05) is 29.6 Å². The summed E-state index contributed by atoms with van der Waals surface area (Å²) in [6, 6.07) is 11.5. The maximum atomic E-state index is 12.9. The second-order valence-corrected chi connectivity index (χ2v) is 6.71. The van der Waals surface area contributed by atoms with E-state index in [9.17, 15) is 4.79 Å². The predicted molar refractivity (Wildman–Crippen MR) is 100 cm³/mol. The number of carbonyl (C=O) groups is 1. The van der Waals surface area contributed by atoms with Gasteiger partial charge in [0.2, 0.25) is 0 Å². The molecule has 1 heterocycles. The van der Waals surface area contributed by atoms with Crippen molar-refractivity contribution in [3.05, 3.63) is 58.1 Å². The molecule has 6 heteroatoms. The smallest absolute Gasteiger partial charge is 0.258 e. The van der Waals surface area contributed by atoms with Gasteiger partial charge >= 0.3 is 0 Å². The number of hydrogen-bond donors (Lipinski definition) is 1. The standard InChI is InChI=1S/C18H19ClN2O2S/c1-12-3-4-13(16(19)9-12)11-21-7-8-23-17-10-14(20-24-2)5-6-15(17)18(21)22/h3-6,9-10,20H,7-8,11H2,1-2H3. The minimum atomic E-state index is -0.0326. The maximum absolute atomic E-state index is 12.9. The van der Waals surface area contributed by atoms with Crippen LogP contribution in [0.5, 0.6) is 5.75 Å². The first-order valence-corrected chi connectivity index (χ1v) is 9.29. The lowest BCUT2D eigenvalue weighted by Crippen LogP contribution is -2.31. The fraction of sp³-hybridized carbons (Fsp3) is 0.278. The van der Waals surface area contributed by atoms with Gasteiger partial charge in [0.05, 0.1) is 12.1 Å². The molecule has 2 aromatic carbocycles. The zero-order chi connectivity index (χ0) is 17.1. The van der Waals surface area contributed by atoms with E-state index in [1.165, 1.54) is 11.9 Å². The maximum Gasteiger partial charge on any atom is 0.258 e. The van der Waals surface area contributed by atoms with Crippen LogP contribution < -0.4 is 9.46 Å². The Balaban J connectivity index is 1.85. The minimum Gasteiger partial charge on any atom is -0.491 e. The van der Waals surface area contributed by atoms with Gasteiger partial charge in [-0.15, -0.1) is 0 Å². The Kier molecular flexibility index (Phi) is 5.21. The van der Waals surface area contributed by atoms with Gasteiger partial charge in [-0.25, -0.2) is 0 Å². The second-order valence-electron chi connectivity index (χ2n) is 5.69. The highest BCUT2D eigenvalue weighted by Crippen LogP contribution is 2.29. The topological polar surface area (TPSA) is 41.6 Å². The number of carbonyl (C=O) groups excluding carboxylic acids is 1. The summed E-state index contributed by atoms with van der Waals surface area (Å²) >= 11 is 7.81. The molecule has 1 N–H and O–H groups in total. The quantitative estimate of drug-likeness (QED) is 0.820. The van der Waals surface area contributed by atoms with Crippen molar-refractivity contribution in [3.8, 4) is 5.75 Å². The first kappa shape index (κ1) is 17.0. The van der Waals surface area contributed by atoms with Gasteiger partial charge in [-0.2, -0.15) is 0 Å². The molecule has 0 bridgehead atoms. The third-order valence-corrected chi connectivity index (χ3v) is 4.70. The highest BCUT2D eigenvalue weighted by atomic mass is 35.5. The van der Waals surface area contributed by atoms with Crippen molar-refractivity contribution in [1.82, 2.24) is 4.90 Å². The molecule has 1 aliphatic heterocycles. The molecule has 0 unspecified atom stereocenters. The molecule has 2 aromatic rings. The van der Waals surface area contributed by atoms with E-state index in [2.05, 4.69) is 4.72 Å². The molecule has 0 saturated carbocycles. The Labute approximate surface area is 151 Å². The fourth-order valence-electron chi connectivity index (χ4n) is 2.67. The molecule has 0 aromatic heterocycles. The summed E-state index contributed by atoms with van der Waals surface area (Å²) in [6.45, 7) is 3.47. The number of amides is 1. The van der Waals surface area contributed by atoms with E-state index in [-0.39, 0.29) is 5.91 Å². The monoisotopic (exact) mass is 362 g/mol. The molecule has 1 amide bonds. The zero-order valence-corrected chi connectivity index (χ0v) is 15.2. The third kappa shape index (κ3) is 3.62. The van der Waals surface area contributed by atoms with Crippen molar-refractivity contribution in [1.29, 1.82) is 0 Å². The van der Waals surface area contributed by atoms with Crippen LogP contribution in [0.2, 0.25) is 5.02 Å². The van der Waals surface area contributed by atoms with Crippen LogP contribution in [0.4, 0.5) is 5.69 Å². The SMILES string of the molecule is CSNc1ccc2c(c1)OCCN(Cc1ccc(C)cc1Cl)C2=O. The summed E-state index contributed by atoms with van der Waals surface area (Å²) < 4.78 is 8.93. The molecule has 0 saturated heterocycles. The van der Waals surface area contributed by atoms with Crippen LogP contribution in [0.25, 0.3) is 0 Å². The summed E-state index contributed by atoms with van der Waals surface area (Å²) in [7, 11) is 0. The molecule has 1 aliphatic rings. The van der Waals surface area contributed by atoms with Crippen LogP contribution in [0.1, 0.15) is 21.5 Å². The summed E-state index contributed by atoms with van der Waals surface area (Å²) in [5, 5.41) is 0.688. The van der Waals surface area contributed by atoms with Crippen molar-refractivity contribution in [3.63, 3.8) is 0 Å². The highest BCUT2D eigenvalue weighted by Gasteiger charge is 2.24. The van der Waals surface area contributed by atoms with E-state index in [0.29, 0.717) is 36.0 Å². The predicted octanol–water partition coefficient (Wildman–Crippen LogP) is 4.37. The van der Waals surface area contributed by atoms with Crippen LogP contribution in [0, 0.1) is 6.92 Å². The Morgan fingerprint density at radius 3 is 2.88 bits per heavy atom. The second kappa shape index (κ2) is 7.36. The van der Waals surface area contributed by atoms with Crippen LogP contribution in [0.15, 0.2) is 36.4 Å². The molecule has 0 radical (unpaired) electrons. The molecule has 4 nitrogen and oxygen atoms in total. The van der Waals surface area contributed by atoms with Gasteiger partial charge < -0.3 is 14.4 Å². The number of nitrogens with zero attached hydrogens (tertiary/aromatic N) is 1. The molecule has 0 aliphatic carbocycles. The van der Waals surface area contributed by atoms with Crippen molar-refractivity contribution in [2.24, 2.45) is 0 Å². The third-order valence-electron chi connectivity index (χ3n) is 3.91. The van der Waals surface area contributed by atoms with Gasteiger partial charge in [0.25, 0.3) is 5.91 Å². The largest absolute Gasteiger partial charge is 0.491 e. The summed E-state index contributed by atoms with van der Waals surface area (Å²) in [4.78, 5) is 14.6. The normalized spacial score (nSPS) is 14.0. The van der Waals surface area contributed by atoms with Gasteiger partial charge in [0.1, 0.15) is 12.4 Å². The van der Waals surface area contributed by atoms with E-state index in [0.717, 1.165) is 16.8 Å². The number of halogens is 1. The fourth-order valence-corrected chi connectivity index (χ4v) is 3.33. The Bertz CT molecular complexity index is 767. The van der Waals surface area contributed by atoms with Gasteiger partial charge in [0.15, 0.2) is 0 Å². The number of ether oxygens (including phenoxy) is 1.